The lowest BCUT2D eigenvalue weighted by Gasteiger charge is -2.45. The molecule has 1 spiro atoms. The van der Waals surface area contributed by atoms with Crippen LogP contribution in [0.4, 0.5) is 5.69 Å². The molecular weight excluding hydrogens is 384 g/mol. The van der Waals surface area contributed by atoms with Crippen molar-refractivity contribution in [2.75, 3.05) is 18.0 Å². The molecule has 0 unspecified atom stereocenters. The molecular formula is C23H27ClN4O. The highest BCUT2D eigenvalue weighted by atomic mass is 35.5. The van der Waals surface area contributed by atoms with Gasteiger partial charge in [0.15, 0.2) is 0 Å². The molecule has 0 atom stereocenters. The van der Waals surface area contributed by atoms with Gasteiger partial charge < -0.3 is 4.90 Å². The molecule has 1 aromatic heterocycles. The Labute approximate surface area is 177 Å². The molecule has 29 heavy (non-hydrogen) atoms. The standard InChI is InChI=1S/C23H27ClN4O/c24-21-15-20(28-13-10-23(11-14-28)8-2-1-3-9-23)7-6-18(21)17-26-27-22(29)19-5-4-12-25-16-19/h4-7,12,15-17H,1-3,8-11,13-14H2,(H,27,29). The number of aromatic nitrogens is 1. The van der Waals surface area contributed by atoms with Gasteiger partial charge in [-0.25, -0.2) is 5.43 Å². The number of benzene rings is 1. The van der Waals surface area contributed by atoms with Crippen molar-refractivity contribution in [1.29, 1.82) is 0 Å². The SMILES string of the molecule is O=C(NN=Cc1ccc(N2CCC3(CCCCC3)CC2)cc1Cl)c1cccnc1. The number of hydrazone groups is 1. The van der Waals surface area contributed by atoms with Crippen molar-refractivity contribution in [2.24, 2.45) is 10.5 Å². The average molecular weight is 411 g/mol. The number of piperidine rings is 1. The highest BCUT2D eigenvalue weighted by Crippen LogP contribution is 2.45. The van der Waals surface area contributed by atoms with E-state index in [0.29, 0.717) is 16.0 Å². The second-order valence-electron chi connectivity index (χ2n) is 8.19. The number of amides is 1. The molecule has 2 aromatic rings. The van der Waals surface area contributed by atoms with E-state index in [9.17, 15) is 4.79 Å². The van der Waals surface area contributed by atoms with E-state index < -0.39 is 0 Å². The molecule has 4 rings (SSSR count). The number of nitrogens with one attached hydrogen (secondary N) is 1. The Balaban J connectivity index is 1.35. The van der Waals surface area contributed by atoms with Gasteiger partial charge in [0.05, 0.1) is 16.8 Å². The molecule has 5 nitrogen and oxygen atoms in total. The van der Waals surface area contributed by atoms with Gasteiger partial charge in [0.25, 0.3) is 5.91 Å². The van der Waals surface area contributed by atoms with E-state index in [0.717, 1.165) is 24.3 Å². The third kappa shape index (κ3) is 4.78. The van der Waals surface area contributed by atoms with Crippen LogP contribution in [-0.4, -0.2) is 30.2 Å². The van der Waals surface area contributed by atoms with Crippen LogP contribution in [0.2, 0.25) is 5.02 Å². The summed E-state index contributed by atoms with van der Waals surface area (Å²) in [6, 6.07) is 9.46. The number of nitrogens with zero attached hydrogens (tertiary/aromatic N) is 3. The van der Waals surface area contributed by atoms with Crippen LogP contribution in [0.5, 0.6) is 0 Å². The molecule has 1 aliphatic carbocycles. The predicted molar refractivity (Wildman–Crippen MR) is 118 cm³/mol. The summed E-state index contributed by atoms with van der Waals surface area (Å²) in [4.78, 5) is 18.4. The molecule has 1 aliphatic heterocycles. The van der Waals surface area contributed by atoms with Gasteiger partial charge in [-0.05, 0) is 61.4 Å². The number of carbonyl (C=O) groups is 1. The summed E-state index contributed by atoms with van der Waals surface area (Å²) < 4.78 is 0. The largest absolute Gasteiger partial charge is 0.371 e. The van der Waals surface area contributed by atoms with Gasteiger partial charge in [-0.3, -0.25) is 9.78 Å². The molecule has 2 heterocycles. The first kappa shape index (κ1) is 19.9. The maximum atomic E-state index is 12.0. The number of hydrogen-bond acceptors (Lipinski definition) is 4. The number of anilines is 1. The van der Waals surface area contributed by atoms with Crippen molar-refractivity contribution < 1.29 is 4.79 Å². The average Bonchev–Trinajstić information content (AvgIpc) is 2.76. The topological polar surface area (TPSA) is 57.6 Å². The molecule has 152 valence electrons. The highest BCUT2D eigenvalue weighted by Gasteiger charge is 2.35. The van der Waals surface area contributed by atoms with Crippen LogP contribution in [-0.2, 0) is 0 Å². The Hall–Kier alpha value is -2.40. The third-order valence-corrected chi connectivity index (χ3v) is 6.71. The molecule has 2 aliphatic rings. The zero-order valence-corrected chi connectivity index (χ0v) is 17.4. The fraction of sp³-hybridized carbons (Fsp3) is 0.435. The molecule has 1 amide bonds. The van der Waals surface area contributed by atoms with E-state index in [4.69, 9.17) is 11.6 Å². The first-order chi connectivity index (χ1) is 14.2. The van der Waals surface area contributed by atoms with Gasteiger partial charge >= 0.3 is 0 Å². The van der Waals surface area contributed by atoms with Crippen molar-refractivity contribution in [3.8, 4) is 0 Å². The van der Waals surface area contributed by atoms with Crippen LogP contribution in [0.3, 0.4) is 0 Å². The molecule has 2 fully saturated rings. The molecule has 1 N–H and O–H groups in total. The summed E-state index contributed by atoms with van der Waals surface area (Å²) in [5.41, 5.74) is 5.51. The fourth-order valence-corrected chi connectivity index (χ4v) is 4.80. The lowest BCUT2D eigenvalue weighted by Crippen LogP contribution is -2.41. The zero-order chi connectivity index (χ0) is 20.1. The Bertz CT molecular complexity index is 868. The van der Waals surface area contributed by atoms with Crippen molar-refractivity contribution in [3.63, 3.8) is 0 Å². The van der Waals surface area contributed by atoms with Crippen LogP contribution in [0.25, 0.3) is 0 Å². The van der Waals surface area contributed by atoms with Crippen LogP contribution in [0.15, 0.2) is 47.8 Å². The summed E-state index contributed by atoms with van der Waals surface area (Å²) in [6.45, 7) is 2.20. The van der Waals surface area contributed by atoms with E-state index in [2.05, 4.69) is 26.5 Å². The first-order valence-corrected chi connectivity index (χ1v) is 10.8. The van der Waals surface area contributed by atoms with E-state index in [1.165, 1.54) is 51.1 Å². The minimum Gasteiger partial charge on any atom is -0.371 e. The van der Waals surface area contributed by atoms with Gasteiger partial charge in [-0.15, -0.1) is 0 Å². The van der Waals surface area contributed by atoms with Gasteiger partial charge in [0.1, 0.15) is 0 Å². The zero-order valence-electron chi connectivity index (χ0n) is 16.6. The van der Waals surface area contributed by atoms with Crippen molar-refractivity contribution in [1.82, 2.24) is 10.4 Å². The molecule has 0 radical (unpaired) electrons. The smallest absolute Gasteiger partial charge is 0.272 e. The second-order valence-corrected chi connectivity index (χ2v) is 8.60. The summed E-state index contributed by atoms with van der Waals surface area (Å²) in [5, 5.41) is 4.67. The quantitative estimate of drug-likeness (QED) is 0.566. The van der Waals surface area contributed by atoms with Crippen molar-refractivity contribution in [2.45, 2.75) is 44.9 Å². The maximum absolute atomic E-state index is 12.0. The Kier molecular flexibility index (Phi) is 6.14. The summed E-state index contributed by atoms with van der Waals surface area (Å²) >= 11 is 6.48. The van der Waals surface area contributed by atoms with E-state index >= 15 is 0 Å². The van der Waals surface area contributed by atoms with Gasteiger partial charge in [0.2, 0.25) is 0 Å². The second kappa shape index (κ2) is 8.95. The number of hydrogen-bond donors (Lipinski definition) is 1. The number of pyridine rings is 1. The Morgan fingerprint density at radius 1 is 1.14 bits per heavy atom. The van der Waals surface area contributed by atoms with Gasteiger partial charge in [-0.2, -0.15) is 5.10 Å². The van der Waals surface area contributed by atoms with E-state index in [1.54, 1.807) is 24.5 Å². The maximum Gasteiger partial charge on any atom is 0.272 e. The normalized spacial score (nSPS) is 18.9. The summed E-state index contributed by atoms with van der Waals surface area (Å²) in [7, 11) is 0. The summed E-state index contributed by atoms with van der Waals surface area (Å²) in [5.74, 6) is -0.299. The van der Waals surface area contributed by atoms with E-state index in [-0.39, 0.29) is 5.91 Å². The Morgan fingerprint density at radius 2 is 1.93 bits per heavy atom. The Morgan fingerprint density at radius 3 is 2.62 bits per heavy atom. The van der Waals surface area contributed by atoms with Crippen molar-refractivity contribution >= 4 is 29.4 Å². The number of rotatable bonds is 4. The molecule has 6 heteroatoms. The molecule has 1 aromatic carbocycles. The third-order valence-electron chi connectivity index (χ3n) is 6.38. The predicted octanol–water partition coefficient (Wildman–Crippen LogP) is 5.05. The number of halogens is 1. The van der Waals surface area contributed by atoms with Crippen LogP contribution in [0, 0.1) is 5.41 Å². The highest BCUT2D eigenvalue weighted by molar-refractivity contribution is 6.33. The fourth-order valence-electron chi connectivity index (χ4n) is 4.58. The lowest BCUT2D eigenvalue weighted by atomic mass is 9.68. The van der Waals surface area contributed by atoms with Crippen LogP contribution >= 0.6 is 11.6 Å². The van der Waals surface area contributed by atoms with Crippen LogP contribution in [0.1, 0.15) is 60.9 Å². The monoisotopic (exact) mass is 410 g/mol. The molecule has 1 saturated heterocycles. The minimum atomic E-state index is -0.299. The first-order valence-electron chi connectivity index (χ1n) is 10.4. The van der Waals surface area contributed by atoms with Gasteiger partial charge in [-0.1, -0.05) is 30.9 Å². The molecule has 0 bridgehead atoms. The lowest BCUT2D eigenvalue weighted by molar-refractivity contribution is 0.0955. The summed E-state index contributed by atoms with van der Waals surface area (Å²) in [6.07, 6.45) is 14.3. The van der Waals surface area contributed by atoms with Crippen molar-refractivity contribution in [3.05, 3.63) is 58.9 Å². The van der Waals surface area contributed by atoms with Gasteiger partial charge in [0, 0.05) is 36.7 Å². The minimum absolute atomic E-state index is 0.299. The molecule has 1 saturated carbocycles. The van der Waals surface area contributed by atoms with E-state index in [1.807, 2.05) is 12.1 Å². The number of carbonyl (C=O) groups excluding carboxylic acids is 1. The van der Waals surface area contributed by atoms with Crippen LogP contribution < -0.4 is 10.3 Å².